The molecule has 1 N–H and O–H groups in total. The molecule has 0 fully saturated rings. The Hall–Kier alpha value is -2.50. The Morgan fingerprint density at radius 1 is 1.42 bits per heavy atom. The van der Waals surface area contributed by atoms with Gasteiger partial charge >= 0.3 is 5.97 Å². The van der Waals surface area contributed by atoms with E-state index in [0.717, 1.165) is 11.1 Å². The minimum Gasteiger partial charge on any atom is -0.476 e. The summed E-state index contributed by atoms with van der Waals surface area (Å²) in [6, 6.07) is 5.00. The second-order valence-corrected chi connectivity index (χ2v) is 4.06. The molecule has 2 aromatic rings. The van der Waals surface area contributed by atoms with Gasteiger partial charge in [0.15, 0.2) is 23.0 Å². The molecule has 6 nitrogen and oxygen atoms in total. The molecule has 6 heteroatoms. The van der Waals surface area contributed by atoms with Crippen LogP contribution in [0.3, 0.4) is 0 Å². The van der Waals surface area contributed by atoms with Crippen molar-refractivity contribution in [1.29, 1.82) is 0 Å². The van der Waals surface area contributed by atoms with Crippen molar-refractivity contribution in [2.24, 2.45) is 0 Å². The third-order valence-electron chi connectivity index (χ3n) is 2.99. The van der Waals surface area contributed by atoms with Crippen LogP contribution in [0.15, 0.2) is 22.7 Å². The van der Waals surface area contributed by atoms with E-state index in [9.17, 15) is 4.79 Å². The highest BCUT2D eigenvalue weighted by Gasteiger charge is 2.22. The molecule has 0 unspecified atom stereocenters. The number of aromatic nitrogens is 1. The van der Waals surface area contributed by atoms with Crippen molar-refractivity contribution in [3.8, 4) is 22.8 Å². The van der Waals surface area contributed by atoms with Gasteiger partial charge in [0.2, 0.25) is 6.79 Å². The number of benzene rings is 1. The fraction of sp³-hybridized carbons (Fsp3) is 0.231. The number of carboxylic acids is 1. The van der Waals surface area contributed by atoms with Crippen molar-refractivity contribution >= 4 is 5.97 Å². The largest absolute Gasteiger partial charge is 0.476 e. The molecule has 0 amide bonds. The third-order valence-corrected chi connectivity index (χ3v) is 2.99. The maximum absolute atomic E-state index is 10.8. The van der Waals surface area contributed by atoms with Gasteiger partial charge in [-0.25, -0.2) is 4.79 Å². The number of hydrogen-bond donors (Lipinski definition) is 1. The first kappa shape index (κ1) is 11.6. The molecule has 1 aromatic heterocycles. The second kappa shape index (κ2) is 4.31. The third kappa shape index (κ3) is 1.81. The number of rotatable bonds is 3. The van der Waals surface area contributed by atoms with Crippen LogP contribution in [0.25, 0.3) is 11.3 Å². The zero-order valence-electron chi connectivity index (χ0n) is 10.2. The minimum absolute atomic E-state index is 0.116. The van der Waals surface area contributed by atoms with Crippen LogP contribution < -0.4 is 9.47 Å². The Morgan fingerprint density at radius 3 is 2.95 bits per heavy atom. The molecular weight excluding hydrogens is 250 g/mol. The summed E-state index contributed by atoms with van der Waals surface area (Å²) in [6.07, 6.45) is 0.713. The Bertz CT molecular complexity index is 646. The number of hydrogen-bond acceptors (Lipinski definition) is 5. The Labute approximate surface area is 108 Å². The standard InChI is InChI=1S/C13H11NO5/c1-2-7-8(3-4-10-12(7)18-6-17-10)11-5-9(13(15)16)14-19-11/h3-5H,2,6H2,1H3,(H,15,16). The summed E-state index contributed by atoms with van der Waals surface area (Å²) in [5.41, 5.74) is 1.57. The zero-order valence-corrected chi connectivity index (χ0v) is 10.2. The fourth-order valence-corrected chi connectivity index (χ4v) is 2.11. The fourth-order valence-electron chi connectivity index (χ4n) is 2.11. The molecule has 1 aliphatic heterocycles. The predicted molar refractivity (Wildman–Crippen MR) is 64.4 cm³/mol. The number of carbonyl (C=O) groups is 1. The summed E-state index contributed by atoms with van der Waals surface area (Å²) in [6.45, 7) is 2.18. The topological polar surface area (TPSA) is 81.8 Å². The van der Waals surface area contributed by atoms with Crippen molar-refractivity contribution in [3.63, 3.8) is 0 Å². The first-order valence-corrected chi connectivity index (χ1v) is 5.82. The number of carboxylic acid groups (broad SMARTS) is 1. The van der Waals surface area contributed by atoms with Crippen LogP contribution in [-0.2, 0) is 6.42 Å². The molecule has 1 aromatic carbocycles. The van der Waals surface area contributed by atoms with Crippen molar-refractivity contribution in [1.82, 2.24) is 5.16 Å². The molecule has 98 valence electrons. The Balaban J connectivity index is 2.11. The zero-order chi connectivity index (χ0) is 13.4. The van der Waals surface area contributed by atoms with Gasteiger partial charge in [-0.3, -0.25) is 0 Å². The number of ether oxygens (including phenoxy) is 2. The maximum atomic E-state index is 10.8. The van der Waals surface area contributed by atoms with Crippen molar-refractivity contribution in [3.05, 3.63) is 29.5 Å². The molecular formula is C13H11NO5. The Morgan fingerprint density at radius 2 is 2.26 bits per heavy atom. The predicted octanol–water partition coefficient (Wildman–Crippen LogP) is 2.33. The molecule has 19 heavy (non-hydrogen) atoms. The van der Waals surface area contributed by atoms with Crippen molar-refractivity contribution in [2.45, 2.75) is 13.3 Å². The van der Waals surface area contributed by atoms with E-state index < -0.39 is 5.97 Å². The van der Waals surface area contributed by atoms with Gasteiger partial charge in [-0.2, -0.15) is 0 Å². The molecule has 0 saturated carbocycles. The molecule has 0 radical (unpaired) electrons. The van der Waals surface area contributed by atoms with E-state index in [1.54, 1.807) is 6.07 Å². The lowest BCUT2D eigenvalue weighted by Gasteiger charge is -2.07. The van der Waals surface area contributed by atoms with E-state index in [2.05, 4.69) is 5.16 Å². The lowest BCUT2D eigenvalue weighted by atomic mass is 10.0. The highest BCUT2D eigenvalue weighted by Crippen LogP contribution is 2.41. The number of fused-ring (bicyclic) bond motifs is 1. The van der Waals surface area contributed by atoms with Crippen LogP contribution in [0.2, 0.25) is 0 Å². The Kier molecular flexibility index (Phi) is 2.63. The first-order valence-electron chi connectivity index (χ1n) is 5.82. The molecule has 0 spiro atoms. The first-order chi connectivity index (χ1) is 9.20. The van der Waals surface area contributed by atoms with Gasteiger partial charge in [0.05, 0.1) is 0 Å². The van der Waals surface area contributed by atoms with E-state index in [1.807, 2.05) is 13.0 Å². The summed E-state index contributed by atoms with van der Waals surface area (Å²) in [5.74, 6) is 0.674. The van der Waals surface area contributed by atoms with Gasteiger partial charge in [0, 0.05) is 17.2 Å². The highest BCUT2D eigenvalue weighted by atomic mass is 16.7. The minimum atomic E-state index is -1.12. The molecule has 2 heterocycles. The summed E-state index contributed by atoms with van der Waals surface area (Å²) in [7, 11) is 0. The summed E-state index contributed by atoms with van der Waals surface area (Å²) in [5, 5.41) is 12.4. The average Bonchev–Trinajstić information content (AvgIpc) is 3.05. The number of nitrogens with zero attached hydrogens (tertiary/aromatic N) is 1. The van der Waals surface area contributed by atoms with Gasteiger partial charge in [-0.1, -0.05) is 12.1 Å². The average molecular weight is 261 g/mol. The van der Waals surface area contributed by atoms with Crippen molar-refractivity contribution in [2.75, 3.05) is 6.79 Å². The van der Waals surface area contributed by atoms with Crippen LogP contribution in [0.1, 0.15) is 23.0 Å². The molecule has 0 saturated heterocycles. The monoisotopic (exact) mass is 261 g/mol. The van der Waals surface area contributed by atoms with Crippen LogP contribution in [0.4, 0.5) is 0 Å². The van der Waals surface area contributed by atoms with Gasteiger partial charge in [-0.15, -0.1) is 0 Å². The van der Waals surface area contributed by atoms with Gasteiger partial charge < -0.3 is 19.1 Å². The lowest BCUT2D eigenvalue weighted by molar-refractivity contribution is 0.0686. The molecule has 3 rings (SSSR count). The van der Waals surface area contributed by atoms with Crippen molar-refractivity contribution < 1.29 is 23.9 Å². The van der Waals surface area contributed by atoms with Crippen LogP contribution in [0, 0.1) is 0 Å². The number of aromatic carboxylic acids is 1. The molecule has 1 aliphatic rings. The molecule has 0 atom stereocenters. The maximum Gasteiger partial charge on any atom is 0.358 e. The van der Waals surface area contributed by atoms with E-state index in [0.29, 0.717) is 23.7 Å². The normalized spacial score (nSPS) is 12.7. The summed E-state index contributed by atoms with van der Waals surface area (Å²) < 4.78 is 15.8. The van der Waals surface area contributed by atoms with E-state index in [1.165, 1.54) is 6.07 Å². The lowest BCUT2D eigenvalue weighted by Crippen LogP contribution is -1.95. The highest BCUT2D eigenvalue weighted by molar-refractivity contribution is 5.86. The summed E-state index contributed by atoms with van der Waals surface area (Å²) in [4.78, 5) is 10.8. The quantitative estimate of drug-likeness (QED) is 0.913. The van der Waals surface area contributed by atoms with Crippen LogP contribution in [0.5, 0.6) is 11.5 Å². The van der Waals surface area contributed by atoms with Crippen LogP contribution in [-0.4, -0.2) is 23.0 Å². The molecule has 0 bridgehead atoms. The van der Waals surface area contributed by atoms with E-state index >= 15 is 0 Å². The van der Waals surface area contributed by atoms with Gasteiger partial charge in [-0.05, 0) is 18.6 Å². The summed E-state index contributed by atoms with van der Waals surface area (Å²) >= 11 is 0. The SMILES string of the molecule is CCc1c(-c2cc(C(=O)O)no2)ccc2c1OCO2. The van der Waals surface area contributed by atoms with Crippen LogP contribution >= 0.6 is 0 Å². The smallest absolute Gasteiger partial charge is 0.358 e. The van der Waals surface area contributed by atoms with E-state index in [4.69, 9.17) is 19.1 Å². The van der Waals surface area contributed by atoms with Gasteiger partial charge in [0.25, 0.3) is 0 Å². The second-order valence-electron chi connectivity index (χ2n) is 4.06. The molecule has 0 aliphatic carbocycles. The van der Waals surface area contributed by atoms with E-state index in [-0.39, 0.29) is 12.5 Å². The van der Waals surface area contributed by atoms with Gasteiger partial charge in [0.1, 0.15) is 0 Å².